The Labute approximate surface area is 130 Å². The van der Waals surface area contributed by atoms with Crippen molar-refractivity contribution in [1.29, 1.82) is 0 Å². The fraction of sp³-hybridized carbons (Fsp3) is 0.615. The summed E-state index contributed by atoms with van der Waals surface area (Å²) in [4.78, 5) is 32.1. The van der Waals surface area contributed by atoms with Gasteiger partial charge in [0, 0.05) is 13.1 Å². The Kier molecular flexibility index (Phi) is 5.00. The monoisotopic (exact) mass is 390 g/mol. The van der Waals surface area contributed by atoms with Crippen LogP contribution in [0.5, 0.6) is 0 Å². The lowest BCUT2D eigenvalue weighted by Gasteiger charge is -2.10. The van der Waals surface area contributed by atoms with Crippen molar-refractivity contribution >= 4 is 33.8 Å². The van der Waals surface area contributed by atoms with Gasteiger partial charge in [0.15, 0.2) is 15.0 Å². The second-order valence-electron chi connectivity index (χ2n) is 4.82. The maximum atomic E-state index is 12.5. The third-order valence-corrected chi connectivity index (χ3v) is 3.81. The molecule has 0 unspecified atom stereocenters. The molecule has 0 amide bonds. The quantitative estimate of drug-likeness (QED) is 0.607. The highest BCUT2D eigenvalue weighted by Gasteiger charge is 2.15. The second-order valence-corrected chi connectivity index (χ2v) is 5.85. The lowest BCUT2D eigenvalue weighted by Crippen LogP contribution is -2.40. The molecule has 110 valence electrons. The lowest BCUT2D eigenvalue weighted by molar-refractivity contribution is 0.530. The standard InChI is InChI=1S/C13H19IN4O2/c1-3-5-7-17-10-9(15-12(14)16-10)11(19)18(13(17)20)8-6-4-2/h3-8H2,1-2H3,(H,15,16). The van der Waals surface area contributed by atoms with Crippen LogP contribution >= 0.6 is 22.6 Å². The van der Waals surface area contributed by atoms with E-state index in [1.54, 1.807) is 4.57 Å². The van der Waals surface area contributed by atoms with Crippen LogP contribution in [0.25, 0.3) is 11.2 Å². The molecule has 0 aliphatic carbocycles. The van der Waals surface area contributed by atoms with Crippen LogP contribution in [0.2, 0.25) is 0 Å². The molecule has 2 heterocycles. The number of halogens is 1. The van der Waals surface area contributed by atoms with E-state index in [-0.39, 0.29) is 11.2 Å². The summed E-state index contributed by atoms with van der Waals surface area (Å²) in [5.74, 6) is 0. The highest BCUT2D eigenvalue weighted by Crippen LogP contribution is 2.08. The van der Waals surface area contributed by atoms with Crippen LogP contribution in [0.3, 0.4) is 0 Å². The lowest BCUT2D eigenvalue weighted by atomic mass is 10.3. The summed E-state index contributed by atoms with van der Waals surface area (Å²) < 4.78 is 3.58. The first-order valence-corrected chi connectivity index (χ1v) is 8.06. The number of aromatic nitrogens is 4. The van der Waals surface area contributed by atoms with Crippen molar-refractivity contribution in [3.8, 4) is 0 Å². The topological polar surface area (TPSA) is 72.7 Å². The van der Waals surface area contributed by atoms with Crippen LogP contribution in [0.15, 0.2) is 9.59 Å². The number of nitrogens with zero attached hydrogens (tertiary/aromatic N) is 3. The smallest absolute Gasteiger partial charge is 0.327 e. The zero-order chi connectivity index (χ0) is 14.7. The minimum atomic E-state index is -0.262. The number of H-pyrrole nitrogens is 1. The maximum absolute atomic E-state index is 12.5. The van der Waals surface area contributed by atoms with Gasteiger partial charge in [0.1, 0.15) is 0 Å². The van der Waals surface area contributed by atoms with E-state index in [0.29, 0.717) is 28.1 Å². The van der Waals surface area contributed by atoms with Gasteiger partial charge in [-0.3, -0.25) is 13.9 Å². The molecule has 0 saturated carbocycles. The van der Waals surface area contributed by atoms with Gasteiger partial charge in [0.05, 0.1) is 0 Å². The number of imidazole rings is 1. The van der Waals surface area contributed by atoms with Gasteiger partial charge in [-0.1, -0.05) is 26.7 Å². The van der Waals surface area contributed by atoms with Gasteiger partial charge >= 0.3 is 5.69 Å². The van der Waals surface area contributed by atoms with E-state index in [9.17, 15) is 9.59 Å². The van der Waals surface area contributed by atoms with Crippen molar-refractivity contribution in [2.24, 2.45) is 0 Å². The molecule has 6 nitrogen and oxygen atoms in total. The highest BCUT2D eigenvalue weighted by molar-refractivity contribution is 14.1. The van der Waals surface area contributed by atoms with Crippen LogP contribution in [0.1, 0.15) is 39.5 Å². The molecule has 0 aromatic carbocycles. The predicted octanol–water partition coefficient (Wildman–Crippen LogP) is 2.09. The van der Waals surface area contributed by atoms with Gasteiger partial charge in [-0.2, -0.15) is 0 Å². The van der Waals surface area contributed by atoms with Crippen LogP contribution in [0, 0.1) is 3.83 Å². The predicted molar refractivity (Wildman–Crippen MR) is 87.1 cm³/mol. The van der Waals surface area contributed by atoms with E-state index >= 15 is 0 Å². The summed E-state index contributed by atoms with van der Waals surface area (Å²) >= 11 is 2.03. The number of aryl methyl sites for hydroxylation is 1. The number of unbranched alkanes of at least 4 members (excludes halogenated alkanes) is 2. The Morgan fingerprint density at radius 3 is 2.30 bits per heavy atom. The molecule has 2 aromatic rings. The number of nitrogens with one attached hydrogen (secondary N) is 1. The third kappa shape index (κ3) is 2.82. The molecule has 7 heteroatoms. The fourth-order valence-corrected chi connectivity index (χ4v) is 2.67. The van der Waals surface area contributed by atoms with Crippen LogP contribution < -0.4 is 11.2 Å². The average molecular weight is 390 g/mol. The van der Waals surface area contributed by atoms with Crippen molar-refractivity contribution in [2.75, 3.05) is 0 Å². The van der Waals surface area contributed by atoms with Crippen LogP contribution in [0.4, 0.5) is 0 Å². The van der Waals surface area contributed by atoms with Gasteiger partial charge in [-0.05, 0) is 35.4 Å². The van der Waals surface area contributed by atoms with Crippen molar-refractivity contribution in [3.63, 3.8) is 0 Å². The first kappa shape index (κ1) is 15.3. The van der Waals surface area contributed by atoms with E-state index in [1.165, 1.54) is 4.57 Å². The van der Waals surface area contributed by atoms with E-state index < -0.39 is 0 Å². The minimum absolute atomic E-state index is 0.243. The van der Waals surface area contributed by atoms with Crippen molar-refractivity contribution in [1.82, 2.24) is 19.1 Å². The summed E-state index contributed by atoms with van der Waals surface area (Å²) in [6.07, 6.45) is 3.65. The third-order valence-electron chi connectivity index (χ3n) is 3.30. The first-order valence-electron chi connectivity index (χ1n) is 6.99. The molecule has 0 saturated heterocycles. The number of aromatic amines is 1. The molecule has 0 aliphatic heterocycles. The van der Waals surface area contributed by atoms with Gasteiger partial charge in [-0.25, -0.2) is 9.78 Å². The van der Waals surface area contributed by atoms with E-state index in [2.05, 4.69) is 16.9 Å². The summed E-state index contributed by atoms with van der Waals surface area (Å²) in [5, 5.41) is 0. The maximum Gasteiger partial charge on any atom is 0.332 e. The molecule has 0 fully saturated rings. The Morgan fingerprint density at radius 1 is 1.10 bits per heavy atom. The number of hydrogen-bond donors (Lipinski definition) is 1. The van der Waals surface area contributed by atoms with Crippen molar-refractivity contribution in [3.05, 3.63) is 24.7 Å². The Bertz CT molecular complexity index is 713. The molecule has 0 spiro atoms. The molecule has 0 atom stereocenters. The largest absolute Gasteiger partial charge is 0.332 e. The SMILES string of the molecule is CCCCn1c(=O)c2[nH]c(I)nc2n(CCCC)c1=O. The van der Waals surface area contributed by atoms with Crippen molar-refractivity contribution in [2.45, 2.75) is 52.6 Å². The minimum Gasteiger partial charge on any atom is -0.327 e. The molecule has 0 radical (unpaired) electrons. The van der Waals surface area contributed by atoms with Gasteiger partial charge in [0.2, 0.25) is 0 Å². The molecule has 2 aromatic heterocycles. The number of hydrogen-bond acceptors (Lipinski definition) is 3. The highest BCUT2D eigenvalue weighted by atomic mass is 127. The van der Waals surface area contributed by atoms with Gasteiger partial charge in [0.25, 0.3) is 5.56 Å². The van der Waals surface area contributed by atoms with Crippen molar-refractivity contribution < 1.29 is 0 Å². The zero-order valence-electron chi connectivity index (χ0n) is 11.8. The van der Waals surface area contributed by atoms with E-state index in [4.69, 9.17) is 0 Å². The Balaban J connectivity index is 2.67. The normalized spacial score (nSPS) is 11.3. The molecule has 20 heavy (non-hydrogen) atoms. The molecule has 1 N–H and O–H groups in total. The molecular weight excluding hydrogens is 371 g/mol. The average Bonchev–Trinajstić information content (AvgIpc) is 2.81. The molecular formula is C13H19IN4O2. The molecule has 2 rings (SSSR count). The molecule has 0 bridgehead atoms. The number of fused-ring (bicyclic) bond motifs is 1. The summed E-state index contributed by atoms with van der Waals surface area (Å²) in [7, 11) is 0. The summed E-state index contributed by atoms with van der Waals surface area (Å²) in [6, 6.07) is 0. The van der Waals surface area contributed by atoms with E-state index in [1.807, 2.05) is 29.5 Å². The van der Waals surface area contributed by atoms with Gasteiger partial charge in [-0.15, -0.1) is 0 Å². The van der Waals surface area contributed by atoms with Gasteiger partial charge < -0.3 is 4.98 Å². The van der Waals surface area contributed by atoms with E-state index in [0.717, 1.165) is 25.7 Å². The number of rotatable bonds is 6. The second kappa shape index (κ2) is 6.55. The summed E-state index contributed by atoms with van der Waals surface area (Å²) in [5.41, 5.74) is 0.403. The Morgan fingerprint density at radius 2 is 1.70 bits per heavy atom. The Hall–Kier alpha value is -1.12. The fourth-order valence-electron chi connectivity index (χ4n) is 2.17. The summed E-state index contributed by atoms with van der Waals surface area (Å²) in [6.45, 7) is 5.17. The van der Waals surface area contributed by atoms with Crippen LogP contribution in [-0.2, 0) is 13.1 Å². The first-order chi connectivity index (χ1) is 9.60. The molecule has 0 aliphatic rings. The zero-order valence-corrected chi connectivity index (χ0v) is 13.9. The van der Waals surface area contributed by atoms with Crippen LogP contribution in [-0.4, -0.2) is 19.1 Å².